The maximum absolute atomic E-state index is 11.6. The van der Waals surface area contributed by atoms with E-state index in [0.29, 0.717) is 6.61 Å². The summed E-state index contributed by atoms with van der Waals surface area (Å²) in [7, 11) is 0. The standard InChI is InChI=1S/C8H13N5O2/c1-8(3-2-4-15-5-8)9-7(14)6-10-12-13-11-6/h2-5H2,1H3,(H,9,14)(H,10,11,12,13). The van der Waals surface area contributed by atoms with Crippen molar-refractivity contribution in [1.82, 2.24) is 25.9 Å². The molecule has 1 aromatic heterocycles. The summed E-state index contributed by atoms with van der Waals surface area (Å²) >= 11 is 0. The lowest BCUT2D eigenvalue weighted by atomic mass is 9.95. The van der Waals surface area contributed by atoms with E-state index in [1.165, 1.54) is 0 Å². The predicted molar refractivity (Wildman–Crippen MR) is 50.1 cm³/mol. The number of nitrogens with zero attached hydrogens (tertiary/aromatic N) is 3. The minimum Gasteiger partial charge on any atom is -0.379 e. The molecule has 1 aliphatic heterocycles. The summed E-state index contributed by atoms with van der Waals surface area (Å²) in [4.78, 5) is 11.6. The SMILES string of the molecule is CC1(NC(=O)c2nn[nH]n2)CCCOC1. The van der Waals surface area contributed by atoms with Crippen molar-refractivity contribution in [2.75, 3.05) is 13.2 Å². The van der Waals surface area contributed by atoms with E-state index in [1.54, 1.807) is 0 Å². The summed E-state index contributed by atoms with van der Waals surface area (Å²) in [5.74, 6) is -0.265. The van der Waals surface area contributed by atoms with Crippen molar-refractivity contribution in [3.8, 4) is 0 Å². The first-order valence-electron chi connectivity index (χ1n) is 4.83. The molecule has 82 valence electrons. The fraction of sp³-hybridized carbons (Fsp3) is 0.750. The van der Waals surface area contributed by atoms with Gasteiger partial charge in [-0.25, -0.2) is 0 Å². The molecule has 2 rings (SSSR count). The highest BCUT2D eigenvalue weighted by Gasteiger charge is 2.30. The van der Waals surface area contributed by atoms with Gasteiger partial charge in [0, 0.05) is 6.61 Å². The maximum Gasteiger partial charge on any atom is 0.293 e. The zero-order valence-corrected chi connectivity index (χ0v) is 8.49. The zero-order valence-electron chi connectivity index (χ0n) is 8.49. The van der Waals surface area contributed by atoms with Gasteiger partial charge in [0.25, 0.3) is 11.7 Å². The molecule has 0 saturated carbocycles. The van der Waals surface area contributed by atoms with Crippen LogP contribution in [0.2, 0.25) is 0 Å². The van der Waals surface area contributed by atoms with Crippen LogP contribution in [-0.2, 0) is 4.74 Å². The molecule has 0 radical (unpaired) electrons. The van der Waals surface area contributed by atoms with Crippen LogP contribution < -0.4 is 5.32 Å². The predicted octanol–water partition coefficient (Wildman–Crippen LogP) is -0.501. The van der Waals surface area contributed by atoms with Crippen molar-refractivity contribution in [2.24, 2.45) is 0 Å². The molecule has 1 saturated heterocycles. The van der Waals surface area contributed by atoms with Gasteiger partial charge in [0.05, 0.1) is 12.1 Å². The Balaban J connectivity index is 1.98. The molecular weight excluding hydrogens is 198 g/mol. The third kappa shape index (κ3) is 2.30. The lowest BCUT2D eigenvalue weighted by molar-refractivity contribution is 0.0270. The van der Waals surface area contributed by atoms with Crippen molar-refractivity contribution in [2.45, 2.75) is 25.3 Å². The maximum atomic E-state index is 11.6. The van der Waals surface area contributed by atoms with Crippen molar-refractivity contribution < 1.29 is 9.53 Å². The van der Waals surface area contributed by atoms with Crippen LogP contribution in [0.4, 0.5) is 0 Å². The largest absolute Gasteiger partial charge is 0.379 e. The lowest BCUT2D eigenvalue weighted by Gasteiger charge is -2.33. The molecule has 1 fully saturated rings. The number of rotatable bonds is 2. The molecule has 0 aromatic carbocycles. The van der Waals surface area contributed by atoms with Gasteiger partial charge in [0.15, 0.2) is 0 Å². The molecule has 1 amide bonds. The average Bonchev–Trinajstić information content (AvgIpc) is 2.70. The Morgan fingerprint density at radius 1 is 1.67 bits per heavy atom. The fourth-order valence-electron chi connectivity index (χ4n) is 1.62. The number of H-pyrrole nitrogens is 1. The molecular formula is C8H13N5O2. The van der Waals surface area contributed by atoms with Gasteiger partial charge in [-0.15, -0.1) is 10.2 Å². The number of hydrogen-bond donors (Lipinski definition) is 2. The van der Waals surface area contributed by atoms with Gasteiger partial charge in [0.2, 0.25) is 0 Å². The number of amides is 1. The summed E-state index contributed by atoms with van der Waals surface area (Å²) in [5.41, 5.74) is -0.323. The van der Waals surface area contributed by atoms with Gasteiger partial charge in [-0.3, -0.25) is 4.79 Å². The van der Waals surface area contributed by atoms with E-state index in [1.807, 2.05) is 6.92 Å². The van der Waals surface area contributed by atoms with E-state index < -0.39 is 0 Å². The van der Waals surface area contributed by atoms with Gasteiger partial charge < -0.3 is 10.1 Å². The highest BCUT2D eigenvalue weighted by molar-refractivity contribution is 5.90. The van der Waals surface area contributed by atoms with Crippen molar-refractivity contribution in [3.63, 3.8) is 0 Å². The van der Waals surface area contributed by atoms with Crippen LogP contribution in [0, 0.1) is 0 Å². The minimum absolute atomic E-state index is 0.0572. The van der Waals surface area contributed by atoms with Crippen LogP contribution >= 0.6 is 0 Å². The normalized spacial score (nSPS) is 26.2. The molecule has 1 unspecified atom stereocenters. The Bertz CT molecular complexity index is 331. The first-order valence-corrected chi connectivity index (χ1v) is 4.83. The molecule has 2 N–H and O–H groups in total. The molecule has 0 bridgehead atoms. The van der Waals surface area contributed by atoms with Gasteiger partial charge in [-0.05, 0) is 25.0 Å². The molecule has 1 aliphatic rings. The number of nitrogens with one attached hydrogen (secondary N) is 2. The molecule has 15 heavy (non-hydrogen) atoms. The van der Waals surface area contributed by atoms with Gasteiger partial charge in [0.1, 0.15) is 0 Å². The van der Waals surface area contributed by atoms with E-state index in [-0.39, 0.29) is 17.3 Å². The van der Waals surface area contributed by atoms with Crippen molar-refractivity contribution in [1.29, 1.82) is 0 Å². The summed E-state index contributed by atoms with van der Waals surface area (Å²) in [6, 6.07) is 0. The molecule has 0 spiro atoms. The van der Waals surface area contributed by atoms with Crippen molar-refractivity contribution in [3.05, 3.63) is 5.82 Å². The second-order valence-electron chi connectivity index (χ2n) is 3.91. The molecule has 7 heteroatoms. The summed E-state index contributed by atoms with van der Waals surface area (Å²) in [5, 5.41) is 15.6. The number of aromatic amines is 1. The summed E-state index contributed by atoms with van der Waals surface area (Å²) < 4.78 is 5.32. The van der Waals surface area contributed by atoms with Crippen LogP contribution in [0.15, 0.2) is 0 Å². The molecule has 7 nitrogen and oxygen atoms in total. The van der Waals surface area contributed by atoms with Crippen LogP contribution in [0.25, 0.3) is 0 Å². The number of tetrazole rings is 1. The number of hydrogen-bond acceptors (Lipinski definition) is 5. The smallest absolute Gasteiger partial charge is 0.293 e. The third-order valence-electron chi connectivity index (χ3n) is 2.40. The quantitative estimate of drug-likeness (QED) is 0.687. The number of aromatic nitrogens is 4. The second-order valence-corrected chi connectivity index (χ2v) is 3.91. The lowest BCUT2D eigenvalue weighted by Crippen LogP contribution is -2.51. The Hall–Kier alpha value is -1.50. The van der Waals surface area contributed by atoms with Gasteiger partial charge in [-0.2, -0.15) is 5.21 Å². The molecule has 1 atom stereocenters. The summed E-state index contributed by atoms with van der Waals surface area (Å²) in [6.07, 6.45) is 1.85. The minimum atomic E-state index is -0.323. The highest BCUT2D eigenvalue weighted by atomic mass is 16.5. The monoisotopic (exact) mass is 211 g/mol. The third-order valence-corrected chi connectivity index (χ3v) is 2.40. The van der Waals surface area contributed by atoms with E-state index in [0.717, 1.165) is 19.4 Å². The molecule has 1 aromatic rings. The number of ether oxygens (including phenoxy) is 1. The van der Waals surface area contributed by atoms with Crippen molar-refractivity contribution >= 4 is 5.91 Å². The van der Waals surface area contributed by atoms with E-state index in [2.05, 4.69) is 25.9 Å². The Morgan fingerprint density at radius 3 is 3.13 bits per heavy atom. The highest BCUT2D eigenvalue weighted by Crippen LogP contribution is 2.18. The Kier molecular flexibility index (Phi) is 2.63. The van der Waals surface area contributed by atoms with E-state index in [4.69, 9.17) is 4.74 Å². The zero-order chi connectivity index (χ0) is 10.7. The topological polar surface area (TPSA) is 92.8 Å². The van der Waals surface area contributed by atoms with Crippen LogP contribution in [0.1, 0.15) is 30.4 Å². The first kappa shape index (κ1) is 10.0. The molecule has 0 aliphatic carbocycles. The Labute approximate surface area is 86.6 Å². The van der Waals surface area contributed by atoms with E-state index >= 15 is 0 Å². The number of carbonyl (C=O) groups is 1. The average molecular weight is 211 g/mol. The second kappa shape index (κ2) is 3.93. The van der Waals surface area contributed by atoms with E-state index in [9.17, 15) is 4.79 Å². The number of carbonyl (C=O) groups excluding carboxylic acids is 1. The van der Waals surface area contributed by atoms with Crippen LogP contribution in [0.5, 0.6) is 0 Å². The van der Waals surface area contributed by atoms with Gasteiger partial charge >= 0.3 is 0 Å². The van der Waals surface area contributed by atoms with Crippen LogP contribution in [0.3, 0.4) is 0 Å². The fourth-order valence-corrected chi connectivity index (χ4v) is 1.62. The van der Waals surface area contributed by atoms with Gasteiger partial charge in [-0.1, -0.05) is 0 Å². The molecule has 2 heterocycles. The summed E-state index contributed by atoms with van der Waals surface area (Å²) in [6.45, 7) is 3.23. The first-order chi connectivity index (χ1) is 7.20. The van der Waals surface area contributed by atoms with Crippen LogP contribution in [-0.4, -0.2) is 45.3 Å². The Morgan fingerprint density at radius 2 is 2.53 bits per heavy atom.